The molecule has 0 aliphatic carbocycles. The van der Waals surface area contributed by atoms with Crippen LogP contribution in [0.3, 0.4) is 0 Å². The maximum absolute atomic E-state index is 12.3. The molecule has 146 valence electrons. The van der Waals surface area contributed by atoms with Crippen molar-refractivity contribution in [3.8, 4) is 18.1 Å². The zero-order chi connectivity index (χ0) is 20.6. The van der Waals surface area contributed by atoms with Crippen LogP contribution in [0.4, 0.5) is 0 Å². The third kappa shape index (κ3) is 5.13. The molecule has 0 bridgehead atoms. The van der Waals surface area contributed by atoms with Crippen molar-refractivity contribution in [3.05, 3.63) is 64.0 Å². The molecule has 6 nitrogen and oxygen atoms in total. The van der Waals surface area contributed by atoms with Gasteiger partial charge in [-0.3, -0.25) is 9.59 Å². The maximum atomic E-state index is 12.3. The highest BCUT2D eigenvalue weighted by atomic mass is 35.5. The van der Waals surface area contributed by atoms with Crippen LogP contribution in [0, 0.1) is 12.3 Å². The third-order valence-corrected chi connectivity index (χ3v) is 5.45. The molecule has 0 saturated heterocycles. The number of nitrogens with zero attached hydrogens (tertiary/aromatic N) is 1. The molecule has 0 atom stereocenters. The van der Waals surface area contributed by atoms with Crippen LogP contribution < -0.4 is 15.5 Å². The number of halogens is 1. The molecule has 3 aromatic rings. The highest BCUT2D eigenvalue weighted by molar-refractivity contribution is 7.21. The summed E-state index contributed by atoms with van der Waals surface area (Å²) in [6.07, 6.45) is 6.63. The second-order valence-electron chi connectivity index (χ2n) is 5.75. The molecule has 0 fully saturated rings. The van der Waals surface area contributed by atoms with Crippen molar-refractivity contribution in [2.75, 3.05) is 13.2 Å². The molecule has 0 aliphatic rings. The molecular formula is C21H16ClN3O3S. The van der Waals surface area contributed by atoms with E-state index in [9.17, 15) is 9.59 Å². The van der Waals surface area contributed by atoms with Gasteiger partial charge in [-0.2, -0.15) is 5.10 Å². The van der Waals surface area contributed by atoms with Crippen LogP contribution >= 0.6 is 22.9 Å². The van der Waals surface area contributed by atoms with E-state index in [1.165, 1.54) is 17.6 Å². The van der Waals surface area contributed by atoms with Crippen molar-refractivity contribution >= 4 is 51.1 Å². The lowest BCUT2D eigenvalue weighted by Gasteiger charge is -2.06. The first-order valence-corrected chi connectivity index (χ1v) is 9.72. The van der Waals surface area contributed by atoms with Crippen molar-refractivity contribution < 1.29 is 14.3 Å². The first-order chi connectivity index (χ1) is 14.1. The van der Waals surface area contributed by atoms with E-state index in [0.717, 1.165) is 10.1 Å². The lowest BCUT2D eigenvalue weighted by molar-refractivity contribution is -0.120. The Bertz CT molecular complexity index is 1120. The van der Waals surface area contributed by atoms with Gasteiger partial charge >= 0.3 is 0 Å². The molecule has 2 N–H and O–H groups in total. The van der Waals surface area contributed by atoms with Crippen LogP contribution in [0.25, 0.3) is 10.1 Å². The molecule has 0 spiro atoms. The zero-order valence-corrected chi connectivity index (χ0v) is 16.7. The highest BCUT2D eigenvalue weighted by Crippen LogP contribution is 2.34. The summed E-state index contributed by atoms with van der Waals surface area (Å²) in [6, 6.07) is 14.6. The van der Waals surface area contributed by atoms with Crippen LogP contribution in [-0.4, -0.2) is 31.2 Å². The van der Waals surface area contributed by atoms with E-state index in [4.69, 9.17) is 22.8 Å². The topological polar surface area (TPSA) is 79.8 Å². The summed E-state index contributed by atoms with van der Waals surface area (Å²) in [6.45, 7) is -0.112. The molecule has 0 unspecified atom stereocenters. The maximum Gasteiger partial charge on any atom is 0.263 e. The molecule has 1 heterocycles. The Balaban J connectivity index is 1.55. The number of amides is 2. The van der Waals surface area contributed by atoms with Gasteiger partial charge in [0.15, 0.2) is 0 Å². The number of benzene rings is 2. The van der Waals surface area contributed by atoms with Crippen molar-refractivity contribution in [3.63, 3.8) is 0 Å². The quantitative estimate of drug-likeness (QED) is 0.345. The number of thiophene rings is 1. The molecule has 1 aromatic heterocycles. The summed E-state index contributed by atoms with van der Waals surface area (Å²) < 4.78 is 6.30. The molecular weight excluding hydrogens is 410 g/mol. The number of rotatable bonds is 7. The number of hydrogen-bond acceptors (Lipinski definition) is 5. The number of hydrogen-bond donors (Lipinski definition) is 2. The Hall–Kier alpha value is -3.34. The van der Waals surface area contributed by atoms with Crippen LogP contribution in [0.1, 0.15) is 15.2 Å². The number of terminal acetylenes is 1. The van der Waals surface area contributed by atoms with Gasteiger partial charge in [0.1, 0.15) is 17.2 Å². The van der Waals surface area contributed by atoms with E-state index in [2.05, 4.69) is 21.8 Å². The summed E-state index contributed by atoms with van der Waals surface area (Å²) in [7, 11) is 0. The molecule has 0 saturated carbocycles. The summed E-state index contributed by atoms with van der Waals surface area (Å²) >= 11 is 7.54. The summed E-state index contributed by atoms with van der Waals surface area (Å²) in [5.41, 5.74) is 3.01. The molecule has 8 heteroatoms. The average molecular weight is 426 g/mol. The molecule has 0 radical (unpaired) electrons. The first kappa shape index (κ1) is 20.4. The minimum absolute atomic E-state index is 0.129. The Morgan fingerprint density at radius 1 is 1.21 bits per heavy atom. The molecule has 2 aromatic carbocycles. The average Bonchev–Trinajstić information content (AvgIpc) is 3.08. The van der Waals surface area contributed by atoms with Gasteiger partial charge < -0.3 is 10.1 Å². The number of ether oxygens (including phenoxy) is 1. The number of carbonyl (C=O) groups is 2. The van der Waals surface area contributed by atoms with Crippen LogP contribution in [0.2, 0.25) is 5.02 Å². The van der Waals surface area contributed by atoms with E-state index in [1.54, 1.807) is 24.3 Å². The van der Waals surface area contributed by atoms with Crippen LogP contribution in [-0.2, 0) is 4.79 Å². The van der Waals surface area contributed by atoms with Crippen molar-refractivity contribution in [1.29, 1.82) is 0 Å². The highest BCUT2D eigenvalue weighted by Gasteiger charge is 2.17. The van der Waals surface area contributed by atoms with E-state index in [-0.39, 0.29) is 13.2 Å². The number of hydrazone groups is 1. The Morgan fingerprint density at radius 3 is 2.76 bits per heavy atom. The van der Waals surface area contributed by atoms with Crippen molar-refractivity contribution in [1.82, 2.24) is 10.7 Å². The summed E-state index contributed by atoms with van der Waals surface area (Å²) in [5.74, 6) is 2.05. The predicted molar refractivity (Wildman–Crippen MR) is 116 cm³/mol. The largest absolute Gasteiger partial charge is 0.480 e. The number of nitrogens with one attached hydrogen (secondary N) is 2. The number of fused-ring (bicyclic) bond motifs is 1. The Kier molecular flexibility index (Phi) is 6.85. The minimum Gasteiger partial charge on any atom is -0.480 e. The third-order valence-electron chi connectivity index (χ3n) is 3.77. The smallest absolute Gasteiger partial charge is 0.263 e. The van der Waals surface area contributed by atoms with Gasteiger partial charge in [0.2, 0.25) is 0 Å². The van der Waals surface area contributed by atoms with Gasteiger partial charge in [-0.25, -0.2) is 5.43 Å². The fraction of sp³-hybridized carbons (Fsp3) is 0.0952. The second-order valence-corrected chi connectivity index (χ2v) is 7.18. The van der Waals surface area contributed by atoms with Crippen LogP contribution in [0.15, 0.2) is 53.6 Å². The zero-order valence-electron chi connectivity index (χ0n) is 15.1. The van der Waals surface area contributed by atoms with Crippen molar-refractivity contribution in [2.24, 2.45) is 5.10 Å². The molecule has 29 heavy (non-hydrogen) atoms. The van der Waals surface area contributed by atoms with Gasteiger partial charge in [0, 0.05) is 15.6 Å². The fourth-order valence-corrected chi connectivity index (χ4v) is 3.89. The van der Waals surface area contributed by atoms with Crippen molar-refractivity contribution in [2.45, 2.75) is 0 Å². The monoisotopic (exact) mass is 425 g/mol. The number of carbonyl (C=O) groups excluding carboxylic acids is 2. The van der Waals surface area contributed by atoms with E-state index >= 15 is 0 Å². The standard InChI is InChI=1S/C21H16ClN3O3S/c1-2-11-28-16-9-5-3-7-14(16)12-24-25-18(26)13-23-21(27)20-19(22)15-8-4-6-10-17(15)29-20/h1,3-10,12H,11,13H2,(H,23,27)(H,25,26). The Morgan fingerprint density at radius 2 is 1.97 bits per heavy atom. The van der Waals surface area contributed by atoms with Gasteiger partial charge in [-0.05, 0) is 18.2 Å². The summed E-state index contributed by atoms with van der Waals surface area (Å²) in [4.78, 5) is 24.7. The molecule has 0 aliphatic heterocycles. The van der Waals surface area contributed by atoms with Gasteiger partial charge in [0.25, 0.3) is 11.8 Å². The van der Waals surface area contributed by atoms with E-state index in [1.807, 2.05) is 24.3 Å². The van der Waals surface area contributed by atoms with E-state index < -0.39 is 11.8 Å². The van der Waals surface area contributed by atoms with Gasteiger partial charge in [-0.15, -0.1) is 17.8 Å². The summed E-state index contributed by atoms with van der Waals surface area (Å²) in [5, 5.41) is 7.61. The van der Waals surface area contributed by atoms with Crippen LogP contribution in [0.5, 0.6) is 5.75 Å². The Labute approximate surface area is 176 Å². The number of para-hydroxylation sites is 1. The van der Waals surface area contributed by atoms with E-state index in [0.29, 0.717) is 21.2 Å². The lowest BCUT2D eigenvalue weighted by atomic mass is 10.2. The SMILES string of the molecule is C#CCOc1ccccc1C=NNC(=O)CNC(=O)c1sc2ccccc2c1Cl. The minimum atomic E-state index is -0.478. The van der Waals surface area contributed by atoms with Gasteiger partial charge in [0.05, 0.1) is 17.8 Å². The first-order valence-electron chi connectivity index (χ1n) is 8.52. The lowest BCUT2D eigenvalue weighted by Crippen LogP contribution is -2.34. The van der Waals surface area contributed by atoms with Gasteiger partial charge in [-0.1, -0.05) is 47.9 Å². The normalized spacial score (nSPS) is 10.6. The molecule has 3 rings (SSSR count). The molecule has 2 amide bonds. The predicted octanol–water partition coefficient (Wildman–Crippen LogP) is 3.45. The fourth-order valence-electron chi connectivity index (χ4n) is 2.45. The second kappa shape index (κ2) is 9.73.